The molecule has 0 aliphatic heterocycles. The van der Waals surface area contributed by atoms with Crippen LogP contribution in [-0.2, 0) is 17.1 Å². The molecule has 148 valence electrons. The summed E-state index contributed by atoms with van der Waals surface area (Å²) in [7, 11) is 0. The summed E-state index contributed by atoms with van der Waals surface area (Å²) >= 11 is 0. The van der Waals surface area contributed by atoms with Crippen LogP contribution >= 0.6 is 0 Å². The topological polar surface area (TPSA) is 26.3 Å². The molecular formula is C22H39FeNO-2. The van der Waals surface area contributed by atoms with Gasteiger partial charge in [0.25, 0.3) is 0 Å². The molecular weight excluding hydrogens is 350 g/mol. The first-order chi connectivity index (χ1) is 10.0. The minimum absolute atomic E-state index is 0. The summed E-state index contributed by atoms with van der Waals surface area (Å²) in [6.45, 7) is 12.2. The zero-order valence-electron chi connectivity index (χ0n) is 16.6. The molecule has 1 aliphatic rings. The molecule has 0 aromatic heterocycles. The molecule has 0 saturated heterocycles. The molecule has 0 atom stereocenters. The average molecular weight is 389 g/mol. The number of hydrogen-bond acceptors (Lipinski definition) is 2. The normalized spacial score (nSPS) is 10.0. The first kappa shape index (κ1) is 34.9. The van der Waals surface area contributed by atoms with Crippen molar-refractivity contribution in [1.82, 2.24) is 4.90 Å². The Morgan fingerprint density at radius 2 is 1.28 bits per heavy atom. The van der Waals surface area contributed by atoms with E-state index in [-0.39, 0.29) is 57.3 Å². The minimum atomic E-state index is 0. The Hall–Kier alpha value is -1.31. The first-order valence-corrected chi connectivity index (χ1v) is 7.75. The molecule has 0 unspecified atom stereocenters. The van der Waals surface area contributed by atoms with Crippen LogP contribution in [0.4, 0.5) is 0 Å². The molecule has 0 saturated carbocycles. The van der Waals surface area contributed by atoms with Crippen molar-refractivity contribution in [3.8, 4) is 0 Å². The molecule has 2 rings (SSSR count). The third-order valence-electron chi connectivity index (χ3n) is 2.81. The van der Waals surface area contributed by atoms with E-state index in [1.54, 1.807) is 0 Å². The van der Waals surface area contributed by atoms with Gasteiger partial charge in [0.15, 0.2) is 0 Å². The van der Waals surface area contributed by atoms with Crippen molar-refractivity contribution in [3.63, 3.8) is 0 Å². The molecule has 1 aromatic carbocycles. The van der Waals surface area contributed by atoms with Crippen LogP contribution in [0, 0.1) is 14.9 Å². The van der Waals surface area contributed by atoms with E-state index < -0.39 is 0 Å². The van der Waals surface area contributed by atoms with E-state index in [9.17, 15) is 5.11 Å². The van der Waals surface area contributed by atoms with E-state index in [4.69, 9.17) is 0 Å². The van der Waals surface area contributed by atoms with E-state index in [2.05, 4.69) is 0 Å². The zero-order valence-corrected chi connectivity index (χ0v) is 17.7. The van der Waals surface area contributed by atoms with E-state index >= 15 is 0 Å². The first-order valence-electron chi connectivity index (χ1n) is 7.75. The SMILES string of the molecule is C.CC.CC(C)N(C([O-])=C1C=CC=C1)C(C)C.[CH3-].[CH3-].[Fe+2].c1cc[cH-]c1. The fraction of sp³-hybridized carbons (Fsp3) is 0.409. The van der Waals surface area contributed by atoms with Gasteiger partial charge in [0, 0.05) is 12.1 Å². The van der Waals surface area contributed by atoms with Crippen molar-refractivity contribution in [1.29, 1.82) is 0 Å². The van der Waals surface area contributed by atoms with Crippen LogP contribution < -0.4 is 5.11 Å². The van der Waals surface area contributed by atoms with Crippen LogP contribution in [0.15, 0.2) is 66.1 Å². The molecule has 0 bridgehead atoms. The molecule has 0 amide bonds. The van der Waals surface area contributed by atoms with Gasteiger partial charge in [0.05, 0.1) is 0 Å². The maximum Gasteiger partial charge on any atom is 2.00 e. The molecule has 25 heavy (non-hydrogen) atoms. The Bertz CT molecular complexity index is 403. The second-order valence-electron chi connectivity index (χ2n) is 5.04. The summed E-state index contributed by atoms with van der Waals surface area (Å²) in [6, 6.07) is 10.5. The van der Waals surface area contributed by atoms with Gasteiger partial charge in [0.1, 0.15) is 0 Å². The maximum absolute atomic E-state index is 12.0. The van der Waals surface area contributed by atoms with Gasteiger partial charge >= 0.3 is 17.1 Å². The fourth-order valence-corrected chi connectivity index (χ4v) is 2.05. The van der Waals surface area contributed by atoms with Crippen LogP contribution in [0.2, 0.25) is 0 Å². The van der Waals surface area contributed by atoms with Crippen LogP contribution in [0.3, 0.4) is 0 Å². The molecule has 0 spiro atoms. The summed E-state index contributed by atoms with van der Waals surface area (Å²) in [5.41, 5.74) is 0.785. The second kappa shape index (κ2) is 20.7. The third kappa shape index (κ3) is 13.6. The quantitative estimate of drug-likeness (QED) is 0.373. The van der Waals surface area contributed by atoms with Gasteiger partial charge in [-0.2, -0.15) is 18.2 Å². The summed E-state index contributed by atoms with van der Waals surface area (Å²) in [5, 5.41) is 12.0. The Labute approximate surface area is 169 Å². The Morgan fingerprint density at radius 1 is 0.920 bits per heavy atom. The summed E-state index contributed by atoms with van der Waals surface area (Å²) in [4.78, 5) is 1.90. The van der Waals surface area contributed by atoms with Gasteiger partial charge in [-0.05, 0) is 39.2 Å². The van der Waals surface area contributed by atoms with Crippen LogP contribution in [0.25, 0.3) is 0 Å². The second-order valence-corrected chi connectivity index (χ2v) is 5.04. The van der Waals surface area contributed by atoms with Crippen LogP contribution in [-0.4, -0.2) is 17.0 Å². The van der Waals surface area contributed by atoms with Gasteiger partial charge in [-0.1, -0.05) is 45.6 Å². The van der Waals surface area contributed by atoms with Crippen LogP contribution in [0.5, 0.6) is 0 Å². The molecule has 2 nitrogen and oxygen atoms in total. The molecule has 0 fully saturated rings. The van der Waals surface area contributed by atoms with Crippen molar-refractivity contribution >= 4 is 0 Å². The molecule has 3 heteroatoms. The van der Waals surface area contributed by atoms with E-state index in [0.29, 0.717) is 0 Å². The van der Waals surface area contributed by atoms with E-state index in [1.807, 2.05) is 101 Å². The van der Waals surface area contributed by atoms with Gasteiger partial charge in [-0.3, -0.25) is 0 Å². The van der Waals surface area contributed by atoms with Crippen LogP contribution in [0.1, 0.15) is 49.0 Å². The Balaban J connectivity index is -0.000000104. The van der Waals surface area contributed by atoms with Crippen molar-refractivity contribution in [2.45, 2.75) is 61.1 Å². The summed E-state index contributed by atoms with van der Waals surface area (Å²) in [6.07, 6.45) is 7.51. The molecule has 1 aromatic rings. The molecule has 0 radical (unpaired) electrons. The third-order valence-corrected chi connectivity index (χ3v) is 2.81. The van der Waals surface area contributed by atoms with Gasteiger partial charge in [0.2, 0.25) is 0 Å². The van der Waals surface area contributed by atoms with Gasteiger partial charge < -0.3 is 24.9 Å². The monoisotopic (exact) mass is 389 g/mol. The summed E-state index contributed by atoms with van der Waals surface area (Å²) < 4.78 is 0. The Kier molecular flexibility index (Phi) is 29.0. The van der Waals surface area contributed by atoms with Crippen molar-refractivity contribution in [2.75, 3.05) is 0 Å². The number of allylic oxidation sites excluding steroid dienone is 5. The average Bonchev–Trinajstić information content (AvgIpc) is 3.16. The number of nitrogens with zero attached hydrogens (tertiary/aromatic N) is 1. The Morgan fingerprint density at radius 3 is 1.52 bits per heavy atom. The molecule has 1 aliphatic carbocycles. The van der Waals surface area contributed by atoms with E-state index in [1.165, 1.54) is 0 Å². The largest absolute Gasteiger partial charge is 2.00 e. The summed E-state index contributed by atoms with van der Waals surface area (Å²) in [5.74, 6) is 0.125. The predicted molar refractivity (Wildman–Crippen MR) is 110 cm³/mol. The predicted octanol–water partition coefficient (Wildman–Crippen LogP) is 5.77. The van der Waals surface area contributed by atoms with Gasteiger partial charge in [-0.25, -0.2) is 12.1 Å². The molecule has 0 heterocycles. The van der Waals surface area contributed by atoms with E-state index in [0.717, 1.165) is 5.57 Å². The van der Waals surface area contributed by atoms with Crippen molar-refractivity contribution < 1.29 is 22.2 Å². The molecule has 0 N–H and O–H groups in total. The fourth-order valence-electron chi connectivity index (χ4n) is 2.05. The van der Waals surface area contributed by atoms with Gasteiger partial charge in [-0.15, -0.1) is 0 Å². The zero-order chi connectivity index (χ0) is 16.3. The minimum Gasteiger partial charge on any atom is -0.860 e. The van der Waals surface area contributed by atoms with Crippen molar-refractivity contribution in [2.24, 2.45) is 0 Å². The number of hydrogen-bond donors (Lipinski definition) is 0. The maximum atomic E-state index is 12.0. The van der Waals surface area contributed by atoms with Crippen molar-refractivity contribution in [3.05, 3.63) is 80.9 Å². The standard InChI is InChI=1S/C12H19NO.C5H5.C2H6.CH4.2CH3.Fe/c1-9(2)13(10(3)4)12(14)11-7-5-6-8-11;1-2-4-5-3-1;1-2;;;;/h5-10,14H,1-4H3;1-5H;1-2H3;1H4;2*1H3;/q;-1;;;2*-1;+2/p-1. The smallest absolute Gasteiger partial charge is 0.860 e. The number of rotatable bonds is 3.